The highest BCUT2D eigenvalue weighted by Gasteiger charge is 2.34. The van der Waals surface area contributed by atoms with Gasteiger partial charge in [-0.1, -0.05) is 6.42 Å². The van der Waals surface area contributed by atoms with E-state index < -0.39 is 17.7 Å². The average Bonchev–Trinajstić information content (AvgIpc) is 3.18. The number of fused-ring (bicyclic) bond motifs is 1. The number of nitrogens with zero attached hydrogens (tertiary/aromatic N) is 4. The number of rotatable bonds is 2. The van der Waals surface area contributed by atoms with Gasteiger partial charge in [0.1, 0.15) is 17.5 Å². The molecule has 8 heteroatoms. The van der Waals surface area contributed by atoms with Crippen LogP contribution in [-0.2, 0) is 13.0 Å². The largest absolute Gasteiger partial charge is 0.322 e. The number of carbonyl (C=O) groups is 1. The average molecular weight is 361 g/mol. The zero-order valence-corrected chi connectivity index (χ0v) is 14.4. The lowest BCUT2D eigenvalue weighted by Gasteiger charge is -2.25. The molecule has 4 rings (SSSR count). The normalized spacial score (nSPS) is 19.9. The summed E-state index contributed by atoms with van der Waals surface area (Å²) in [5.74, 6) is 0.333. The van der Waals surface area contributed by atoms with Crippen LogP contribution >= 0.6 is 0 Å². The quantitative estimate of drug-likeness (QED) is 0.888. The van der Waals surface area contributed by atoms with Crippen molar-refractivity contribution in [2.75, 3.05) is 11.9 Å². The van der Waals surface area contributed by atoms with Crippen LogP contribution in [0.15, 0.2) is 18.2 Å². The number of aromatic nitrogens is 3. The number of hydrogen-bond donors (Lipinski definition) is 1. The molecule has 138 valence electrons. The predicted octanol–water partition coefficient (Wildman–Crippen LogP) is 3.65. The van der Waals surface area contributed by atoms with Gasteiger partial charge < -0.3 is 14.8 Å². The molecule has 1 aromatic heterocycles. The third-order valence-electron chi connectivity index (χ3n) is 5.12. The second-order valence-electron chi connectivity index (χ2n) is 6.84. The molecule has 1 N–H and O–H groups in total. The molecule has 2 aliphatic rings. The van der Waals surface area contributed by atoms with E-state index in [1.54, 1.807) is 4.90 Å². The zero-order chi connectivity index (χ0) is 18.1. The summed E-state index contributed by atoms with van der Waals surface area (Å²) in [7, 11) is 0. The van der Waals surface area contributed by atoms with Gasteiger partial charge in [-0.2, -0.15) is 0 Å². The molecule has 3 heterocycles. The number of likely N-dealkylation sites (tertiary alicyclic amines) is 1. The Balaban J connectivity index is 1.55. The molecule has 1 fully saturated rings. The van der Waals surface area contributed by atoms with E-state index in [0.29, 0.717) is 6.54 Å². The van der Waals surface area contributed by atoms with Crippen LogP contribution in [0.3, 0.4) is 0 Å². The molecule has 6 nitrogen and oxygen atoms in total. The topological polar surface area (TPSA) is 63.1 Å². The first-order chi connectivity index (χ1) is 12.6. The van der Waals surface area contributed by atoms with E-state index in [0.717, 1.165) is 62.4 Å². The Morgan fingerprint density at radius 3 is 2.85 bits per heavy atom. The first kappa shape index (κ1) is 16.9. The van der Waals surface area contributed by atoms with Crippen LogP contribution in [0.5, 0.6) is 0 Å². The van der Waals surface area contributed by atoms with Gasteiger partial charge in [0.05, 0.1) is 11.7 Å². The number of anilines is 1. The minimum atomic E-state index is -0.787. The lowest BCUT2D eigenvalue weighted by Crippen LogP contribution is -2.35. The number of carbonyl (C=O) groups excluding carboxylic acids is 1. The van der Waals surface area contributed by atoms with Crippen LogP contribution in [0.1, 0.15) is 49.8 Å². The molecule has 0 bridgehead atoms. The van der Waals surface area contributed by atoms with Gasteiger partial charge in [-0.25, -0.2) is 13.6 Å². The molecule has 1 atom stereocenters. The maximum absolute atomic E-state index is 13.8. The minimum absolute atomic E-state index is 0.0258. The Morgan fingerprint density at radius 1 is 1.12 bits per heavy atom. The Labute approximate surface area is 150 Å². The molecule has 0 spiro atoms. The number of amides is 2. The van der Waals surface area contributed by atoms with Gasteiger partial charge in [-0.15, -0.1) is 10.2 Å². The summed E-state index contributed by atoms with van der Waals surface area (Å²) in [4.78, 5) is 14.4. The fourth-order valence-electron chi connectivity index (χ4n) is 3.81. The van der Waals surface area contributed by atoms with Crippen LogP contribution in [0.4, 0.5) is 19.3 Å². The van der Waals surface area contributed by atoms with E-state index in [2.05, 4.69) is 20.1 Å². The van der Waals surface area contributed by atoms with E-state index >= 15 is 0 Å². The number of nitrogens with one attached hydrogen (secondary N) is 1. The van der Waals surface area contributed by atoms with Gasteiger partial charge in [-0.05, 0) is 37.8 Å². The van der Waals surface area contributed by atoms with Crippen molar-refractivity contribution in [3.63, 3.8) is 0 Å². The first-order valence-corrected chi connectivity index (χ1v) is 9.08. The summed E-state index contributed by atoms with van der Waals surface area (Å²) < 4.78 is 29.0. The standard InChI is InChI=1S/C18H21F2N5O/c19-12-7-8-14(13(20)11-12)21-18(26)24-10-4-5-15(24)17-23-22-16-6-2-1-3-9-25(16)17/h7-8,11,15H,1-6,9-10H2,(H,21,26). The van der Waals surface area contributed by atoms with E-state index in [4.69, 9.17) is 0 Å². The summed E-state index contributed by atoms with van der Waals surface area (Å²) in [6.07, 6.45) is 5.92. The second-order valence-corrected chi connectivity index (χ2v) is 6.84. The smallest absolute Gasteiger partial charge is 0.314 e. The number of aryl methyl sites for hydroxylation is 1. The second kappa shape index (κ2) is 7.01. The highest BCUT2D eigenvalue weighted by atomic mass is 19.1. The molecule has 2 amide bonds. The molecule has 2 aliphatic heterocycles. The van der Waals surface area contributed by atoms with Gasteiger partial charge in [0.25, 0.3) is 0 Å². The molecule has 0 saturated carbocycles. The summed E-state index contributed by atoms with van der Waals surface area (Å²) in [5, 5.41) is 11.2. The van der Waals surface area contributed by atoms with Crippen molar-refractivity contribution in [3.05, 3.63) is 41.5 Å². The molecule has 26 heavy (non-hydrogen) atoms. The molecule has 0 aliphatic carbocycles. The summed E-state index contributed by atoms with van der Waals surface area (Å²) in [5.41, 5.74) is -0.0258. The monoisotopic (exact) mass is 361 g/mol. The molecule has 1 unspecified atom stereocenters. The first-order valence-electron chi connectivity index (χ1n) is 9.08. The third-order valence-corrected chi connectivity index (χ3v) is 5.12. The Kier molecular flexibility index (Phi) is 4.57. The van der Waals surface area contributed by atoms with Crippen LogP contribution in [0, 0.1) is 11.6 Å². The van der Waals surface area contributed by atoms with Crippen LogP contribution < -0.4 is 5.32 Å². The molecule has 0 radical (unpaired) electrons. The van der Waals surface area contributed by atoms with Gasteiger partial charge in [0, 0.05) is 25.6 Å². The SMILES string of the molecule is O=C(Nc1ccc(F)cc1F)N1CCCC1c1nnc2n1CCCCC2. The highest BCUT2D eigenvalue weighted by molar-refractivity contribution is 5.89. The number of halogens is 2. The van der Waals surface area contributed by atoms with Gasteiger partial charge in [0.2, 0.25) is 0 Å². The fourth-order valence-corrected chi connectivity index (χ4v) is 3.81. The van der Waals surface area contributed by atoms with Crippen LogP contribution in [-0.4, -0.2) is 32.2 Å². The number of benzene rings is 1. The van der Waals surface area contributed by atoms with Crippen LogP contribution in [0.25, 0.3) is 0 Å². The molecule has 1 saturated heterocycles. The Bertz CT molecular complexity index is 822. The highest BCUT2D eigenvalue weighted by Crippen LogP contribution is 2.33. The molecular weight excluding hydrogens is 340 g/mol. The fraction of sp³-hybridized carbons (Fsp3) is 0.500. The maximum Gasteiger partial charge on any atom is 0.322 e. The van der Waals surface area contributed by atoms with Crippen molar-refractivity contribution >= 4 is 11.7 Å². The van der Waals surface area contributed by atoms with E-state index in [9.17, 15) is 13.6 Å². The third kappa shape index (κ3) is 3.15. The molecule has 1 aromatic carbocycles. The van der Waals surface area contributed by atoms with Crippen molar-refractivity contribution in [1.29, 1.82) is 0 Å². The molecule has 2 aromatic rings. The minimum Gasteiger partial charge on any atom is -0.314 e. The van der Waals surface area contributed by atoms with Gasteiger partial charge in [-0.3, -0.25) is 0 Å². The Hall–Kier alpha value is -2.51. The van der Waals surface area contributed by atoms with Crippen molar-refractivity contribution in [2.45, 2.75) is 51.1 Å². The summed E-state index contributed by atoms with van der Waals surface area (Å²) in [6, 6.07) is 2.55. The summed E-state index contributed by atoms with van der Waals surface area (Å²) >= 11 is 0. The summed E-state index contributed by atoms with van der Waals surface area (Å²) in [6.45, 7) is 1.44. The van der Waals surface area contributed by atoms with Gasteiger partial charge >= 0.3 is 6.03 Å². The lowest BCUT2D eigenvalue weighted by molar-refractivity contribution is 0.203. The van der Waals surface area contributed by atoms with E-state index in [1.807, 2.05) is 0 Å². The number of hydrogen-bond acceptors (Lipinski definition) is 3. The predicted molar refractivity (Wildman–Crippen MR) is 91.6 cm³/mol. The van der Waals surface area contributed by atoms with E-state index in [-0.39, 0.29) is 11.7 Å². The Morgan fingerprint density at radius 2 is 2.00 bits per heavy atom. The lowest BCUT2D eigenvalue weighted by atomic mass is 10.2. The van der Waals surface area contributed by atoms with E-state index in [1.165, 1.54) is 12.5 Å². The van der Waals surface area contributed by atoms with Crippen molar-refractivity contribution < 1.29 is 13.6 Å². The van der Waals surface area contributed by atoms with Gasteiger partial charge in [0.15, 0.2) is 5.82 Å². The van der Waals surface area contributed by atoms with Crippen molar-refractivity contribution in [3.8, 4) is 0 Å². The molecular formula is C18H21F2N5O. The number of urea groups is 1. The maximum atomic E-state index is 13.8. The van der Waals surface area contributed by atoms with Crippen molar-refractivity contribution in [1.82, 2.24) is 19.7 Å². The zero-order valence-electron chi connectivity index (χ0n) is 14.4. The van der Waals surface area contributed by atoms with Crippen LogP contribution in [0.2, 0.25) is 0 Å². The van der Waals surface area contributed by atoms with Crippen molar-refractivity contribution in [2.24, 2.45) is 0 Å².